The van der Waals surface area contributed by atoms with E-state index in [-0.39, 0.29) is 12.1 Å². The van der Waals surface area contributed by atoms with Gasteiger partial charge in [0.2, 0.25) is 6.41 Å². The number of aliphatic hydroxyl groups excluding tert-OH is 1. The fourth-order valence-electron chi connectivity index (χ4n) is 5.20. The molecule has 0 aromatic heterocycles. The first-order chi connectivity index (χ1) is 15.7. The molecule has 1 aliphatic carbocycles. The maximum atomic E-state index is 10.6. The van der Waals surface area contributed by atoms with Gasteiger partial charge in [0.15, 0.2) is 0 Å². The van der Waals surface area contributed by atoms with Gasteiger partial charge >= 0.3 is 7.12 Å². The van der Waals surface area contributed by atoms with E-state index in [1.807, 2.05) is 4.90 Å². The largest absolute Gasteiger partial charge is 0.491 e. The molecule has 1 N–H and O–H groups in total. The Balaban J connectivity index is 1.41. The first-order valence-corrected chi connectivity index (χ1v) is 12.4. The lowest BCUT2D eigenvalue weighted by atomic mass is 9.71. The number of hydrogen-bond donors (Lipinski definition) is 1. The number of hydrogen-bond acceptors (Lipinski definition) is 6. The molecule has 4 rings (SSSR count). The van der Waals surface area contributed by atoms with Gasteiger partial charge in [-0.1, -0.05) is 36.4 Å². The Labute approximate surface area is 199 Å². The van der Waals surface area contributed by atoms with Crippen LogP contribution in [0.5, 0.6) is 0 Å². The number of rotatable bonds is 7. The van der Waals surface area contributed by atoms with Crippen molar-refractivity contribution < 1.29 is 23.9 Å². The Kier molecular flexibility index (Phi) is 7.68. The van der Waals surface area contributed by atoms with Crippen LogP contribution in [0.1, 0.15) is 71.3 Å². The van der Waals surface area contributed by atoms with E-state index in [1.165, 1.54) is 12.7 Å². The van der Waals surface area contributed by atoms with E-state index in [0.717, 1.165) is 37.6 Å². The van der Waals surface area contributed by atoms with E-state index >= 15 is 0 Å². The SMILES string of the molecule is COC(O)N1CCC=C(B2OC(C)(C)C(C)(C)O2)C1COC1CCC(c2ccccc2)CC1. The lowest BCUT2D eigenvalue weighted by Gasteiger charge is -2.40. The van der Waals surface area contributed by atoms with Crippen LogP contribution in [0, 0.1) is 0 Å². The van der Waals surface area contributed by atoms with Crippen LogP contribution in [0.4, 0.5) is 0 Å². The molecule has 2 unspecified atom stereocenters. The summed E-state index contributed by atoms with van der Waals surface area (Å²) < 4.78 is 24.5. The van der Waals surface area contributed by atoms with Crippen LogP contribution in [0.15, 0.2) is 41.9 Å². The van der Waals surface area contributed by atoms with Gasteiger partial charge in [-0.2, -0.15) is 0 Å². The smallest absolute Gasteiger partial charge is 0.400 e. The highest BCUT2D eigenvalue weighted by Gasteiger charge is 2.54. The van der Waals surface area contributed by atoms with Crippen LogP contribution in [0.2, 0.25) is 0 Å². The van der Waals surface area contributed by atoms with Gasteiger partial charge in [0.25, 0.3) is 0 Å². The Morgan fingerprint density at radius 2 is 1.70 bits per heavy atom. The predicted molar refractivity (Wildman–Crippen MR) is 130 cm³/mol. The van der Waals surface area contributed by atoms with Gasteiger partial charge in [0, 0.05) is 13.7 Å². The lowest BCUT2D eigenvalue weighted by molar-refractivity contribution is -0.194. The van der Waals surface area contributed by atoms with Gasteiger partial charge in [-0.25, -0.2) is 4.90 Å². The Bertz CT molecular complexity index is 790. The molecule has 7 heteroatoms. The summed E-state index contributed by atoms with van der Waals surface area (Å²) in [7, 11) is 1.07. The molecule has 1 saturated carbocycles. The van der Waals surface area contributed by atoms with Gasteiger partial charge in [0.1, 0.15) is 0 Å². The third kappa shape index (κ3) is 5.39. The van der Waals surface area contributed by atoms with Crippen LogP contribution in [0.3, 0.4) is 0 Å². The van der Waals surface area contributed by atoms with Gasteiger partial charge in [-0.05, 0) is 76.8 Å². The maximum absolute atomic E-state index is 10.6. The van der Waals surface area contributed by atoms with Crippen molar-refractivity contribution in [3.05, 3.63) is 47.4 Å². The minimum Gasteiger partial charge on any atom is -0.400 e. The summed E-state index contributed by atoms with van der Waals surface area (Å²) in [5, 5.41) is 10.6. The summed E-state index contributed by atoms with van der Waals surface area (Å²) in [6.45, 7) is 9.44. The third-order valence-electron chi connectivity index (χ3n) is 8.01. The molecule has 0 amide bonds. The van der Waals surface area contributed by atoms with Crippen molar-refractivity contribution >= 4 is 7.12 Å². The first-order valence-electron chi connectivity index (χ1n) is 12.4. The molecule has 1 aromatic carbocycles. The molecule has 2 fully saturated rings. The second kappa shape index (κ2) is 10.2. The highest BCUT2D eigenvalue weighted by Crippen LogP contribution is 2.41. The zero-order valence-corrected chi connectivity index (χ0v) is 20.8. The maximum Gasteiger partial charge on any atom is 0.491 e. The van der Waals surface area contributed by atoms with Gasteiger partial charge in [0.05, 0.1) is 30.0 Å². The molecule has 182 valence electrons. The van der Waals surface area contributed by atoms with Crippen LogP contribution < -0.4 is 0 Å². The highest BCUT2D eigenvalue weighted by molar-refractivity contribution is 6.55. The number of ether oxygens (including phenoxy) is 2. The van der Waals surface area contributed by atoms with Crippen LogP contribution >= 0.6 is 0 Å². The molecule has 0 bridgehead atoms. The van der Waals surface area contributed by atoms with E-state index in [2.05, 4.69) is 64.1 Å². The average molecular weight is 457 g/mol. The standard InChI is InChI=1S/C26H40BNO5/c1-25(2)26(3,4)33-27(32-25)22-12-9-17-28(24(29)30-5)23(22)18-31-21-15-13-20(14-16-21)19-10-7-6-8-11-19/h6-8,10-12,20-21,23-24,29H,9,13-18H2,1-5H3. The molecular weight excluding hydrogens is 417 g/mol. The van der Waals surface area contributed by atoms with Crippen LogP contribution in [-0.4, -0.2) is 67.1 Å². The van der Waals surface area contributed by atoms with Crippen molar-refractivity contribution in [2.24, 2.45) is 0 Å². The van der Waals surface area contributed by atoms with Crippen molar-refractivity contribution in [1.82, 2.24) is 4.90 Å². The second-order valence-electron chi connectivity index (χ2n) is 10.6. The summed E-state index contributed by atoms with van der Waals surface area (Å²) in [6, 6.07) is 10.6. The normalized spacial score (nSPS) is 30.8. The minimum absolute atomic E-state index is 0.157. The predicted octanol–water partition coefficient (Wildman–Crippen LogP) is 4.28. The molecule has 2 atom stereocenters. The topological polar surface area (TPSA) is 60.4 Å². The molecule has 3 aliphatic rings. The third-order valence-corrected chi connectivity index (χ3v) is 8.01. The molecule has 0 spiro atoms. The zero-order valence-electron chi connectivity index (χ0n) is 20.8. The molecular formula is C26H40BNO5. The van der Waals surface area contributed by atoms with Gasteiger partial charge in [-0.15, -0.1) is 0 Å². The monoisotopic (exact) mass is 457 g/mol. The number of methoxy groups -OCH3 is 1. The molecule has 1 saturated heterocycles. The van der Waals surface area contributed by atoms with E-state index in [9.17, 15) is 5.11 Å². The van der Waals surface area contributed by atoms with E-state index in [0.29, 0.717) is 19.1 Å². The molecule has 0 radical (unpaired) electrons. The van der Waals surface area contributed by atoms with E-state index < -0.39 is 24.7 Å². The van der Waals surface area contributed by atoms with Crippen molar-refractivity contribution in [3.8, 4) is 0 Å². The second-order valence-corrected chi connectivity index (χ2v) is 10.6. The summed E-state index contributed by atoms with van der Waals surface area (Å²) in [5.41, 5.74) is 1.63. The molecule has 2 aliphatic heterocycles. The van der Waals surface area contributed by atoms with Crippen LogP contribution in [-0.2, 0) is 18.8 Å². The van der Waals surface area contributed by atoms with Crippen LogP contribution in [0.25, 0.3) is 0 Å². The summed E-state index contributed by atoms with van der Waals surface area (Å²) >= 11 is 0. The fourth-order valence-corrected chi connectivity index (χ4v) is 5.20. The number of benzene rings is 1. The Morgan fingerprint density at radius 1 is 1.06 bits per heavy atom. The van der Waals surface area contributed by atoms with Crippen molar-refractivity contribution in [2.75, 3.05) is 20.3 Å². The van der Waals surface area contributed by atoms with Gasteiger partial charge in [-0.3, -0.25) is 0 Å². The summed E-state index contributed by atoms with van der Waals surface area (Å²) in [5.74, 6) is 0.618. The average Bonchev–Trinajstić information content (AvgIpc) is 3.04. The van der Waals surface area contributed by atoms with Gasteiger partial charge < -0.3 is 23.9 Å². The quantitative estimate of drug-likeness (QED) is 0.487. The first kappa shape index (κ1) is 24.9. The Morgan fingerprint density at radius 3 is 2.30 bits per heavy atom. The van der Waals surface area contributed by atoms with Crippen molar-refractivity contribution in [2.45, 2.75) is 95.5 Å². The minimum atomic E-state index is -0.987. The van der Waals surface area contributed by atoms with Crippen molar-refractivity contribution in [1.29, 1.82) is 0 Å². The zero-order chi connectivity index (χ0) is 23.6. The molecule has 1 aromatic rings. The Hall–Kier alpha value is -1.22. The lowest BCUT2D eigenvalue weighted by Crippen LogP contribution is -2.53. The molecule has 2 heterocycles. The van der Waals surface area contributed by atoms with E-state index in [1.54, 1.807) is 0 Å². The fraction of sp³-hybridized carbons (Fsp3) is 0.692. The summed E-state index contributed by atoms with van der Waals surface area (Å²) in [6.07, 6.45) is 6.63. The van der Waals surface area contributed by atoms with Crippen molar-refractivity contribution in [3.63, 3.8) is 0 Å². The highest BCUT2D eigenvalue weighted by atomic mass is 16.7. The van der Waals surface area contributed by atoms with E-state index in [4.69, 9.17) is 18.8 Å². The number of nitrogens with zero attached hydrogens (tertiary/aromatic N) is 1. The summed E-state index contributed by atoms with van der Waals surface area (Å²) in [4.78, 5) is 1.95. The number of aliphatic hydroxyl groups is 1. The molecule has 6 nitrogen and oxygen atoms in total. The molecule has 33 heavy (non-hydrogen) atoms.